The quantitative estimate of drug-likeness (QED) is 0.707. The van der Waals surface area contributed by atoms with Gasteiger partial charge in [0.25, 0.3) is 0 Å². The predicted octanol–water partition coefficient (Wildman–Crippen LogP) is 3.74. The van der Waals surface area contributed by atoms with Crippen LogP contribution >= 0.6 is 0 Å². The molecule has 0 aromatic heterocycles. The second kappa shape index (κ2) is 6.33. The Kier molecular flexibility index (Phi) is 5.06. The number of hydrogen-bond acceptors (Lipinski definition) is 2. The van der Waals surface area contributed by atoms with Gasteiger partial charge in [-0.25, -0.2) is 0 Å². The monoisotopic (exact) mass is 220 g/mol. The van der Waals surface area contributed by atoms with E-state index < -0.39 is 0 Å². The molecule has 0 amide bonds. The Labute approximate surface area is 97.9 Å². The molecule has 2 rings (SSSR count). The van der Waals surface area contributed by atoms with Gasteiger partial charge in [-0.05, 0) is 24.6 Å². The third kappa shape index (κ3) is 3.11. The molecule has 0 N–H and O–H groups in total. The van der Waals surface area contributed by atoms with E-state index in [4.69, 9.17) is 9.47 Å². The van der Waals surface area contributed by atoms with E-state index in [-0.39, 0.29) is 12.2 Å². The molecule has 2 unspecified atom stereocenters. The van der Waals surface area contributed by atoms with Crippen molar-refractivity contribution in [3.63, 3.8) is 0 Å². The van der Waals surface area contributed by atoms with E-state index in [1.54, 1.807) is 7.11 Å². The van der Waals surface area contributed by atoms with Crippen LogP contribution in [0.3, 0.4) is 0 Å². The molecule has 2 heteroatoms. The van der Waals surface area contributed by atoms with Gasteiger partial charge in [0.1, 0.15) is 11.9 Å². The molecule has 1 heterocycles. The number of ether oxygens (including phenoxy) is 2. The van der Waals surface area contributed by atoms with E-state index in [1.165, 1.54) is 5.56 Å². The van der Waals surface area contributed by atoms with Gasteiger partial charge in [-0.2, -0.15) is 0 Å². The van der Waals surface area contributed by atoms with E-state index in [0.29, 0.717) is 0 Å². The van der Waals surface area contributed by atoms with Crippen LogP contribution in [0.2, 0.25) is 0 Å². The summed E-state index contributed by atoms with van der Waals surface area (Å²) < 4.78 is 10.8. The zero-order chi connectivity index (χ0) is 12.0. The van der Waals surface area contributed by atoms with Crippen molar-refractivity contribution < 1.29 is 9.47 Å². The minimum atomic E-state index is 0.107. The van der Waals surface area contributed by atoms with Crippen LogP contribution in [0.4, 0.5) is 0 Å². The zero-order valence-electron chi connectivity index (χ0n) is 10.4. The van der Waals surface area contributed by atoms with Crippen LogP contribution in [0.1, 0.15) is 32.4 Å². The van der Waals surface area contributed by atoms with Crippen LogP contribution in [0.15, 0.2) is 36.4 Å². The van der Waals surface area contributed by atoms with Crippen LogP contribution in [0, 0.1) is 0 Å². The van der Waals surface area contributed by atoms with Gasteiger partial charge in [-0.15, -0.1) is 0 Å². The molecular weight excluding hydrogens is 200 g/mol. The molecule has 1 aliphatic heterocycles. The normalized spacial score (nSPS) is 22.5. The Hall–Kier alpha value is -1.28. The first-order valence-electron chi connectivity index (χ1n) is 5.77. The van der Waals surface area contributed by atoms with Crippen LogP contribution in [-0.4, -0.2) is 13.2 Å². The van der Waals surface area contributed by atoms with E-state index in [0.717, 1.165) is 5.75 Å². The van der Waals surface area contributed by atoms with Crippen molar-refractivity contribution >= 4 is 0 Å². The van der Waals surface area contributed by atoms with Gasteiger partial charge in [0, 0.05) is 0 Å². The number of benzene rings is 1. The summed E-state index contributed by atoms with van der Waals surface area (Å²) in [5.41, 5.74) is 1.17. The molecule has 0 spiro atoms. The van der Waals surface area contributed by atoms with Crippen molar-refractivity contribution in [3.05, 3.63) is 42.0 Å². The predicted molar refractivity (Wildman–Crippen MR) is 66.8 cm³/mol. The molecule has 0 bridgehead atoms. The van der Waals surface area contributed by atoms with E-state index in [2.05, 4.69) is 12.2 Å². The molecule has 1 aromatic carbocycles. The summed E-state index contributed by atoms with van der Waals surface area (Å²) in [5, 5.41) is 0. The lowest BCUT2D eigenvalue weighted by Crippen LogP contribution is -2.02. The fourth-order valence-electron chi connectivity index (χ4n) is 1.56. The maximum Gasteiger partial charge on any atom is 0.118 e. The smallest absolute Gasteiger partial charge is 0.118 e. The third-order valence-corrected chi connectivity index (χ3v) is 2.36. The summed E-state index contributed by atoms with van der Waals surface area (Å²) in [4.78, 5) is 0. The van der Waals surface area contributed by atoms with Gasteiger partial charge in [0.2, 0.25) is 0 Å². The van der Waals surface area contributed by atoms with Crippen LogP contribution in [0.5, 0.6) is 5.75 Å². The molecule has 1 aliphatic rings. The van der Waals surface area contributed by atoms with Gasteiger partial charge in [0.05, 0.1) is 13.2 Å². The zero-order valence-corrected chi connectivity index (χ0v) is 10.4. The Morgan fingerprint density at radius 1 is 1.06 bits per heavy atom. The SMILES string of the molecule is CC.COc1ccc(C2C=CC(C)O2)cc1. The van der Waals surface area contributed by atoms with Crippen molar-refractivity contribution in [3.8, 4) is 5.75 Å². The van der Waals surface area contributed by atoms with Gasteiger partial charge in [-0.3, -0.25) is 0 Å². The summed E-state index contributed by atoms with van der Waals surface area (Å²) in [6.07, 6.45) is 4.50. The molecule has 0 fully saturated rings. The third-order valence-electron chi connectivity index (χ3n) is 2.36. The topological polar surface area (TPSA) is 18.5 Å². The Balaban J connectivity index is 0.000000606. The number of hydrogen-bond donors (Lipinski definition) is 0. The second-order valence-electron chi connectivity index (χ2n) is 3.42. The highest BCUT2D eigenvalue weighted by Crippen LogP contribution is 2.27. The van der Waals surface area contributed by atoms with Crippen molar-refractivity contribution in [1.29, 1.82) is 0 Å². The highest BCUT2D eigenvalue weighted by atomic mass is 16.5. The second-order valence-corrected chi connectivity index (χ2v) is 3.42. The molecule has 88 valence electrons. The Morgan fingerprint density at radius 3 is 2.12 bits per heavy atom. The average molecular weight is 220 g/mol. The summed E-state index contributed by atoms with van der Waals surface area (Å²) in [7, 11) is 1.67. The molecule has 0 saturated carbocycles. The van der Waals surface area contributed by atoms with E-state index in [9.17, 15) is 0 Å². The van der Waals surface area contributed by atoms with Crippen molar-refractivity contribution in [1.82, 2.24) is 0 Å². The molecule has 0 saturated heterocycles. The Bertz CT molecular complexity index is 327. The summed E-state index contributed by atoms with van der Waals surface area (Å²) in [5.74, 6) is 0.878. The van der Waals surface area contributed by atoms with Gasteiger partial charge >= 0.3 is 0 Å². The summed E-state index contributed by atoms with van der Waals surface area (Å²) in [6, 6.07) is 7.98. The lowest BCUT2D eigenvalue weighted by Gasteiger charge is -2.11. The lowest BCUT2D eigenvalue weighted by atomic mass is 10.1. The highest BCUT2D eigenvalue weighted by Gasteiger charge is 2.16. The molecule has 2 nitrogen and oxygen atoms in total. The van der Waals surface area contributed by atoms with E-state index >= 15 is 0 Å². The van der Waals surface area contributed by atoms with Crippen LogP contribution in [0.25, 0.3) is 0 Å². The first-order valence-corrected chi connectivity index (χ1v) is 5.77. The molecule has 16 heavy (non-hydrogen) atoms. The molecule has 2 atom stereocenters. The fraction of sp³-hybridized carbons (Fsp3) is 0.429. The number of methoxy groups -OCH3 is 1. The van der Waals surface area contributed by atoms with Crippen LogP contribution < -0.4 is 4.74 Å². The molecule has 0 aliphatic carbocycles. The first-order chi connectivity index (χ1) is 7.79. The summed E-state index contributed by atoms with van der Waals surface area (Å²) >= 11 is 0. The van der Waals surface area contributed by atoms with Crippen LogP contribution in [-0.2, 0) is 4.74 Å². The van der Waals surface area contributed by atoms with Crippen molar-refractivity contribution in [2.75, 3.05) is 7.11 Å². The minimum Gasteiger partial charge on any atom is -0.497 e. The highest BCUT2D eigenvalue weighted by molar-refractivity contribution is 5.31. The Morgan fingerprint density at radius 2 is 1.69 bits per heavy atom. The van der Waals surface area contributed by atoms with Gasteiger partial charge < -0.3 is 9.47 Å². The minimum absolute atomic E-state index is 0.107. The number of rotatable bonds is 2. The lowest BCUT2D eigenvalue weighted by molar-refractivity contribution is 0.0715. The maximum absolute atomic E-state index is 5.67. The van der Waals surface area contributed by atoms with Gasteiger partial charge in [-0.1, -0.05) is 38.1 Å². The summed E-state index contributed by atoms with van der Waals surface area (Å²) in [6.45, 7) is 6.04. The maximum atomic E-state index is 5.67. The first kappa shape index (κ1) is 12.8. The van der Waals surface area contributed by atoms with Crippen molar-refractivity contribution in [2.45, 2.75) is 33.0 Å². The fourth-order valence-corrected chi connectivity index (χ4v) is 1.56. The van der Waals surface area contributed by atoms with E-state index in [1.807, 2.05) is 45.0 Å². The molecule has 1 aromatic rings. The van der Waals surface area contributed by atoms with Crippen molar-refractivity contribution in [2.24, 2.45) is 0 Å². The van der Waals surface area contributed by atoms with Gasteiger partial charge in [0.15, 0.2) is 0 Å². The standard InChI is InChI=1S/C12H14O2.C2H6/c1-9-3-8-12(14-9)10-4-6-11(13-2)7-5-10;1-2/h3-9,12H,1-2H3;1-2H3. The molecule has 0 radical (unpaired) electrons. The largest absolute Gasteiger partial charge is 0.497 e. The average Bonchev–Trinajstić information content (AvgIpc) is 2.79. The molecular formula is C14H20O2.